The maximum atomic E-state index is 12.9. The first-order chi connectivity index (χ1) is 5.66. The third-order valence-electron chi connectivity index (χ3n) is 1.30. The maximum absolute atomic E-state index is 12.9. The topological polar surface area (TPSA) is 9.23 Å². The van der Waals surface area contributed by atoms with E-state index in [0.717, 1.165) is 6.07 Å². The maximum Gasteiger partial charge on any atom is 0.175 e. The first-order valence-corrected chi connectivity index (χ1v) is 4.51. The van der Waals surface area contributed by atoms with Crippen molar-refractivity contribution in [3.8, 4) is 5.75 Å². The van der Waals surface area contributed by atoms with Crippen molar-refractivity contribution in [2.24, 2.45) is 0 Å². The number of halogens is 3. The van der Waals surface area contributed by atoms with Crippen molar-refractivity contribution in [3.63, 3.8) is 0 Å². The Hall–Kier alpha value is -0.390. The summed E-state index contributed by atoms with van der Waals surface area (Å²) in [6.45, 7) is 2.23. The lowest BCUT2D eigenvalue weighted by Crippen LogP contribution is -1.97. The Morgan fingerprint density at radius 2 is 2.08 bits per heavy atom. The molecule has 0 saturated heterocycles. The highest BCUT2D eigenvalue weighted by atomic mass is 127. The molecule has 0 aliphatic carbocycles. The largest absolute Gasteiger partial charge is 0.493 e. The predicted octanol–water partition coefficient (Wildman–Crippen LogP) is 2.97. The van der Waals surface area contributed by atoms with Gasteiger partial charge in [-0.2, -0.15) is 0 Å². The molecule has 4 heteroatoms. The predicted molar refractivity (Wildman–Crippen MR) is 50.2 cm³/mol. The average molecular weight is 284 g/mol. The average Bonchev–Trinajstić information content (AvgIpc) is 2.07. The van der Waals surface area contributed by atoms with E-state index in [1.807, 2.05) is 0 Å². The van der Waals surface area contributed by atoms with Gasteiger partial charge in [-0.05, 0) is 41.6 Å². The molecule has 1 aromatic carbocycles. The van der Waals surface area contributed by atoms with Gasteiger partial charge in [0.15, 0.2) is 11.6 Å². The minimum absolute atomic E-state index is 0.189. The Morgan fingerprint density at radius 1 is 1.42 bits per heavy atom. The third-order valence-corrected chi connectivity index (χ3v) is 2.30. The molecule has 0 amide bonds. The summed E-state index contributed by atoms with van der Waals surface area (Å²) in [6, 6.07) is 2.48. The molecule has 1 aromatic rings. The van der Waals surface area contributed by atoms with E-state index in [1.165, 1.54) is 6.07 Å². The number of hydrogen-bond donors (Lipinski definition) is 0. The van der Waals surface area contributed by atoms with Crippen molar-refractivity contribution in [2.45, 2.75) is 6.92 Å². The van der Waals surface area contributed by atoms with E-state index in [9.17, 15) is 8.78 Å². The molecule has 12 heavy (non-hydrogen) atoms. The monoisotopic (exact) mass is 284 g/mol. The van der Waals surface area contributed by atoms with Crippen LogP contribution in [0.1, 0.15) is 6.92 Å². The molecule has 0 fully saturated rings. The normalized spacial score (nSPS) is 10.0. The van der Waals surface area contributed by atoms with Crippen LogP contribution in [-0.4, -0.2) is 6.61 Å². The van der Waals surface area contributed by atoms with Crippen molar-refractivity contribution in [1.29, 1.82) is 0 Å². The zero-order chi connectivity index (χ0) is 9.14. The Morgan fingerprint density at radius 3 is 2.67 bits per heavy atom. The Bertz CT molecular complexity index is 289. The molecule has 0 aliphatic rings. The highest BCUT2D eigenvalue weighted by Crippen LogP contribution is 2.25. The molecule has 1 nitrogen and oxygen atoms in total. The highest BCUT2D eigenvalue weighted by molar-refractivity contribution is 14.1. The van der Waals surface area contributed by atoms with Gasteiger partial charge in [0, 0.05) is 0 Å². The molecule has 0 saturated carbocycles. The fourth-order valence-corrected chi connectivity index (χ4v) is 1.37. The lowest BCUT2D eigenvalue weighted by molar-refractivity contribution is 0.333. The second-order valence-corrected chi connectivity index (χ2v) is 3.19. The first-order valence-electron chi connectivity index (χ1n) is 3.43. The SMILES string of the molecule is CCOc1ccc(F)c(F)c1I. The molecule has 1 rings (SSSR count). The summed E-state index contributed by atoms with van der Waals surface area (Å²) in [5, 5.41) is 0. The van der Waals surface area contributed by atoms with E-state index >= 15 is 0 Å². The Kier molecular flexibility index (Phi) is 3.25. The summed E-state index contributed by atoms with van der Waals surface area (Å²) >= 11 is 1.71. The summed E-state index contributed by atoms with van der Waals surface area (Å²) in [6.07, 6.45) is 0. The molecule has 0 aliphatic heterocycles. The van der Waals surface area contributed by atoms with Crippen LogP contribution < -0.4 is 4.74 Å². The van der Waals surface area contributed by atoms with Gasteiger partial charge in [0.1, 0.15) is 5.75 Å². The number of ether oxygens (including phenoxy) is 1. The van der Waals surface area contributed by atoms with Crippen molar-refractivity contribution in [3.05, 3.63) is 27.3 Å². The number of benzene rings is 1. The first kappa shape index (κ1) is 9.70. The van der Waals surface area contributed by atoms with E-state index in [2.05, 4.69) is 0 Å². The van der Waals surface area contributed by atoms with E-state index in [4.69, 9.17) is 4.74 Å². The van der Waals surface area contributed by atoms with Crippen molar-refractivity contribution >= 4 is 22.6 Å². The van der Waals surface area contributed by atoms with Crippen LogP contribution in [0.4, 0.5) is 8.78 Å². The lowest BCUT2D eigenvalue weighted by atomic mass is 10.3. The van der Waals surface area contributed by atoms with Gasteiger partial charge in [0.05, 0.1) is 10.2 Å². The molecule has 0 aromatic heterocycles. The van der Waals surface area contributed by atoms with E-state index in [1.54, 1.807) is 29.5 Å². The van der Waals surface area contributed by atoms with Gasteiger partial charge in [-0.3, -0.25) is 0 Å². The van der Waals surface area contributed by atoms with Gasteiger partial charge < -0.3 is 4.74 Å². The summed E-state index contributed by atoms with van der Waals surface area (Å²) in [4.78, 5) is 0. The number of hydrogen-bond acceptors (Lipinski definition) is 1. The van der Waals surface area contributed by atoms with Gasteiger partial charge >= 0.3 is 0 Å². The van der Waals surface area contributed by atoms with Crippen molar-refractivity contribution in [2.75, 3.05) is 6.61 Å². The fraction of sp³-hybridized carbons (Fsp3) is 0.250. The van der Waals surface area contributed by atoms with E-state index < -0.39 is 11.6 Å². The van der Waals surface area contributed by atoms with Crippen LogP contribution in [0, 0.1) is 15.2 Å². The van der Waals surface area contributed by atoms with Gasteiger partial charge in [-0.25, -0.2) is 8.78 Å². The molecule has 66 valence electrons. The molecular weight excluding hydrogens is 277 g/mol. The quantitative estimate of drug-likeness (QED) is 0.599. The molecule has 0 unspecified atom stereocenters. The summed E-state index contributed by atoms with van der Waals surface area (Å²) in [5.74, 6) is -1.30. The summed E-state index contributed by atoms with van der Waals surface area (Å²) in [7, 11) is 0. The van der Waals surface area contributed by atoms with Crippen molar-refractivity contribution in [1.82, 2.24) is 0 Å². The standard InChI is InChI=1S/C8H7F2IO/c1-2-12-6-4-3-5(9)7(10)8(6)11/h3-4H,2H2,1H3. The molecular formula is C8H7F2IO. The van der Waals surface area contributed by atoms with Gasteiger partial charge in [-0.1, -0.05) is 0 Å². The number of rotatable bonds is 2. The summed E-state index contributed by atoms with van der Waals surface area (Å²) in [5.41, 5.74) is 0. The van der Waals surface area contributed by atoms with Crippen molar-refractivity contribution < 1.29 is 13.5 Å². The minimum Gasteiger partial charge on any atom is -0.493 e. The zero-order valence-corrected chi connectivity index (χ0v) is 8.56. The van der Waals surface area contributed by atoms with Crippen LogP contribution in [0.5, 0.6) is 5.75 Å². The highest BCUT2D eigenvalue weighted by Gasteiger charge is 2.10. The molecule has 0 spiro atoms. The lowest BCUT2D eigenvalue weighted by Gasteiger charge is -2.05. The van der Waals surface area contributed by atoms with E-state index in [-0.39, 0.29) is 3.57 Å². The fourth-order valence-electron chi connectivity index (χ4n) is 0.775. The van der Waals surface area contributed by atoms with Gasteiger partial charge in [0.25, 0.3) is 0 Å². The second-order valence-electron chi connectivity index (χ2n) is 2.11. The second kappa shape index (κ2) is 4.02. The van der Waals surface area contributed by atoms with Crippen LogP contribution in [0.25, 0.3) is 0 Å². The Balaban J connectivity index is 3.08. The van der Waals surface area contributed by atoms with Crippen LogP contribution in [0.3, 0.4) is 0 Å². The zero-order valence-electron chi connectivity index (χ0n) is 6.40. The minimum atomic E-state index is -0.846. The van der Waals surface area contributed by atoms with Crippen LogP contribution in [0.2, 0.25) is 0 Å². The van der Waals surface area contributed by atoms with Gasteiger partial charge in [-0.15, -0.1) is 0 Å². The third kappa shape index (κ3) is 1.85. The van der Waals surface area contributed by atoms with Crippen LogP contribution in [0.15, 0.2) is 12.1 Å². The van der Waals surface area contributed by atoms with Crippen LogP contribution >= 0.6 is 22.6 Å². The molecule has 0 N–H and O–H groups in total. The summed E-state index contributed by atoms with van der Waals surface area (Å²) < 4.78 is 30.7. The molecule has 0 radical (unpaired) electrons. The smallest absolute Gasteiger partial charge is 0.175 e. The molecule has 0 atom stereocenters. The van der Waals surface area contributed by atoms with E-state index in [0.29, 0.717) is 12.4 Å². The van der Waals surface area contributed by atoms with Gasteiger partial charge in [0.2, 0.25) is 0 Å². The Labute approximate surface area is 82.9 Å². The van der Waals surface area contributed by atoms with Crippen LogP contribution in [-0.2, 0) is 0 Å². The molecule has 0 heterocycles. The molecule has 0 bridgehead atoms.